The quantitative estimate of drug-likeness (QED) is 0.853. The molecule has 22 heavy (non-hydrogen) atoms. The molecule has 2 N–H and O–H groups in total. The highest BCUT2D eigenvalue weighted by Gasteiger charge is 2.23. The van der Waals surface area contributed by atoms with Crippen LogP contribution in [-0.4, -0.2) is 10.5 Å². The van der Waals surface area contributed by atoms with E-state index in [9.17, 15) is 14.0 Å². The van der Waals surface area contributed by atoms with Gasteiger partial charge in [-0.15, -0.1) is 0 Å². The zero-order valence-electron chi connectivity index (χ0n) is 11.5. The summed E-state index contributed by atoms with van der Waals surface area (Å²) >= 11 is 6.06. The number of hydrogen-bond acceptors (Lipinski definition) is 3. The SMILES string of the molecule is O=C(NNc1ccc(F)cc1)c1c(Cl)cc(=O)n2c1CCC2. The van der Waals surface area contributed by atoms with Crippen LogP contribution in [0.25, 0.3) is 0 Å². The number of anilines is 1. The van der Waals surface area contributed by atoms with Crippen molar-refractivity contribution in [3.8, 4) is 0 Å². The predicted molar refractivity (Wildman–Crippen MR) is 81.5 cm³/mol. The van der Waals surface area contributed by atoms with E-state index in [1.807, 2.05) is 0 Å². The summed E-state index contributed by atoms with van der Waals surface area (Å²) in [5.74, 6) is -0.792. The van der Waals surface area contributed by atoms with E-state index >= 15 is 0 Å². The molecular formula is C15H13ClFN3O2. The minimum atomic E-state index is -0.431. The molecule has 0 bridgehead atoms. The van der Waals surface area contributed by atoms with Crippen molar-refractivity contribution in [2.45, 2.75) is 19.4 Å². The highest BCUT2D eigenvalue weighted by Crippen LogP contribution is 2.23. The lowest BCUT2D eigenvalue weighted by molar-refractivity contribution is 0.0961. The number of nitrogens with zero attached hydrogens (tertiary/aromatic N) is 1. The van der Waals surface area contributed by atoms with Gasteiger partial charge >= 0.3 is 0 Å². The third-order valence-electron chi connectivity index (χ3n) is 3.56. The van der Waals surface area contributed by atoms with Crippen LogP contribution in [0.5, 0.6) is 0 Å². The number of carbonyl (C=O) groups excluding carboxylic acids is 1. The summed E-state index contributed by atoms with van der Waals surface area (Å²) in [5, 5.41) is 0.136. The molecule has 0 atom stereocenters. The molecule has 0 spiro atoms. The second-order valence-electron chi connectivity index (χ2n) is 4.99. The number of hydrazine groups is 1. The van der Waals surface area contributed by atoms with Crippen LogP contribution in [0.4, 0.5) is 10.1 Å². The monoisotopic (exact) mass is 321 g/mol. The lowest BCUT2D eigenvalue weighted by Crippen LogP contribution is -2.32. The van der Waals surface area contributed by atoms with Crippen molar-refractivity contribution in [2.24, 2.45) is 0 Å². The van der Waals surface area contributed by atoms with Crippen LogP contribution in [0, 0.1) is 5.82 Å². The van der Waals surface area contributed by atoms with Gasteiger partial charge in [0, 0.05) is 18.3 Å². The van der Waals surface area contributed by atoms with Crippen LogP contribution in [-0.2, 0) is 13.0 Å². The summed E-state index contributed by atoms with van der Waals surface area (Å²) < 4.78 is 14.4. The molecule has 0 fully saturated rings. The van der Waals surface area contributed by atoms with E-state index in [0.717, 1.165) is 6.42 Å². The topological polar surface area (TPSA) is 63.1 Å². The van der Waals surface area contributed by atoms with Crippen molar-refractivity contribution in [1.29, 1.82) is 0 Å². The molecular weight excluding hydrogens is 309 g/mol. The molecule has 5 nitrogen and oxygen atoms in total. The number of rotatable bonds is 3. The first-order chi connectivity index (χ1) is 10.6. The van der Waals surface area contributed by atoms with Gasteiger partial charge in [-0.05, 0) is 37.1 Å². The van der Waals surface area contributed by atoms with E-state index in [4.69, 9.17) is 11.6 Å². The van der Waals surface area contributed by atoms with Crippen LogP contribution in [0.15, 0.2) is 35.1 Å². The van der Waals surface area contributed by atoms with Gasteiger partial charge in [-0.2, -0.15) is 0 Å². The number of nitrogens with one attached hydrogen (secondary N) is 2. The van der Waals surface area contributed by atoms with Crippen LogP contribution in [0.2, 0.25) is 5.02 Å². The summed E-state index contributed by atoms with van der Waals surface area (Å²) in [6, 6.07) is 6.81. The number of amides is 1. The average molecular weight is 322 g/mol. The largest absolute Gasteiger partial charge is 0.312 e. The maximum Gasteiger partial charge on any atom is 0.272 e. The zero-order valence-corrected chi connectivity index (χ0v) is 12.3. The normalized spacial score (nSPS) is 12.8. The number of pyridine rings is 1. The Kier molecular flexibility index (Phi) is 3.85. The molecule has 0 saturated carbocycles. The summed E-state index contributed by atoms with van der Waals surface area (Å²) in [6.07, 6.45) is 1.44. The van der Waals surface area contributed by atoms with E-state index in [1.165, 1.54) is 30.3 Å². The number of aromatic nitrogens is 1. The maximum absolute atomic E-state index is 12.8. The highest BCUT2D eigenvalue weighted by molar-refractivity contribution is 6.34. The maximum atomic E-state index is 12.8. The fourth-order valence-corrected chi connectivity index (χ4v) is 2.83. The van der Waals surface area contributed by atoms with Crippen molar-refractivity contribution >= 4 is 23.2 Å². The molecule has 0 aliphatic carbocycles. The molecule has 1 aromatic heterocycles. The van der Waals surface area contributed by atoms with Gasteiger partial charge in [-0.25, -0.2) is 4.39 Å². The van der Waals surface area contributed by atoms with E-state index in [0.29, 0.717) is 29.9 Å². The molecule has 1 aliphatic heterocycles. The predicted octanol–water partition coefficient (Wildman–Crippen LogP) is 2.34. The summed E-state index contributed by atoms with van der Waals surface area (Å²) in [7, 11) is 0. The number of hydrogen-bond donors (Lipinski definition) is 2. The van der Waals surface area contributed by atoms with Gasteiger partial charge in [0.2, 0.25) is 0 Å². The van der Waals surface area contributed by atoms with Gasteiger partial charge in [0.25, 0.3) is 11.5 Å². The molecule has 3 rings (SSSR count). The first kappa shape index (κ1) is 14.6. The Morgan fingerprint density at radius 1 is 1.27 bits per heavy atom. The fraction of sp³-hybridized carbons (Fsp3) is 0.200. The molecule has 2 heterocycles. The molecule has 2 aromatic rings. The molecule has 1 aliphatic rings. The number of carbonyl (C=O) groups is 1. The van der Waals surface area contributed by atoms with Gasteiger partial charge < -0.3 is 4.57 Å². The number of fused-ring (bicyclic) bond motifs is 1. The van der Waals surface area contributed by atoms with E-state index in [2.05, 4.69) is 10.9 Å². The smallest absolute Gasteiger partial charge is 0.272 e. The second kappa shape index (κ2) is 5.81. The van der Waals surface area contributed by atoms with E-state index in [1.54, 1.807) is 4.57 Å². The molecule has 0 radical (unpaired) electrons. The number of benzene rings is 1. The molecule has 7 heteroatoms. The number of halogens is 2. The van der Waals surface area contributed by atoms with Crippen LogP contribution in [0.1, 0.15) is 22.5 Å². The van der Waals surface area contributed by atoms with Crippen LogP contribution < -0.4 is 16.4 Å². The highest BCUT2D eigenvalue weighted by atomic mass is 35.5. The lowest BCUT2D eigenvalue weighted by Gasteiger charge is -2.13. The standard InChI is InChI=1S/C15H13ClFN3O2/c16-11-8-13(21)20-7-1-2-12(20)14(11)15(22)19-18-10-5-3-9(17)4-6-10/h3-6,8,18H,1-2,7H2,(H,19,22). The van der Waals surface area contributed by atoms with Gasteiger partial charge in [0.15, 0.2) is 0 Å². The van der Waals surface area contributed by atoms with Gasteiger partial charge in [0.1, 0.15) is 5.82 Å². The Bertz CT molecular complexity index is 787. The molecule has 114 valence electrons. The summed E-state index contributed by atoms with van der Waals surface area (Å²) in [5.41, 5.74) is 6.50. The van der Waals surface area contributed by atoms with Gasteiger partial charge in [-0.1, -0.05) is 11.6 Å². The van der Waals surface area contributed by atoms with Crippen molar-refractivity contribution in [3.63, 3.8) is 0 Å². The Morgan fingerprint density at radius 2 is 2.00 bits per heavy atom. The molecule has 1 amide bonds. The van der Waals surface area contributed by atoms with Crippen molar-refractivity contribution < 1.29 is 9.18 Å². The zero-order chi connectivity index (χ0) is 15.7. The lowest BCUT2D eigenvalue weighted by atomic mass is 10.1. The Balaban J connectivity index is 1.82. The second-order valence-corrected chi connectivity index (χ2v) is 5.40. The van der Waals surface area contributed by atoms with Gasteiger partial charge in [0.05, 0.1) is 16.3 Å². The Labute approximate surface area is 130 Å². The molecule has 1 aromatic carbocycles. The average Bonchev–Trinajstić information content (AvgIpc) is 2.96. The third-order valence-corrected chi connectivity index (χ3v) is 3.85. The van der Waals surface area contributed by atoms with Crippen LogP contribution in [0.3, 0.4) is 0 Å². The van der Waals surface area contributed by atoms with Gasteiger partial charge in [-0.3, -0.25) is 20.4 Å². The Morgan fingerprint density at radius 3 is 2.73 bits per heavy atom. The van der Waals surface area contributed by atoms with E-state index < -0.39 is 5.91 Å². The van der Waals surface area contributed by atoms with Crippen molar-refractivity contribution in [1.82, 2.24) is 9.99 Å². The van der Waals surface area contributed by atoms with Crippen molar-refractivity contribution in [2.75, 3.05) is 5.43 Å². The minimum absolute atomic E-state index is 0.136. The Hall–Kier alpha value is -2.34. The van der Waals surface area contributed by atoms with Crippen LogP contribution >= 0.6 is 11.6 Å². The van der Waals surface area contributed by atoms with E-state index in [-0.39, 0.29) is 16.4 Å². The first-order valence-corrected chi connectivity index (χ1v) is 7.18. The summed E-state index contributed by atoms with van der Waals surface area (Å²) in [6.45, 7) is 0.594. The molecule has 0 unspecified atom stereocenters. The third kappa shape index (κ3) is 2.69. The van der Waals surface area contributed by atoms with Crippen molar-refractivity contribution in [3.05, 3.63) is 62.8 Å². The molecule has 0 saturated heterocycles. The first-order valence-electron chi connectivity index (χ1n) is 6.80. The fourth-order valence-electron chi connectivity index (χ4n) is 2.54. The summed E-state index contributed by atoms with van der Waals surface area (Å²) in [4.78, 5) is 24.1. The minimum Gasteiger partial charge on any atom is -0.312 e.